The first-order valence-corrected chi connectivity index (χ1v) is 12.0. The number of hydrogen-bond donors (Lipinski definition) is 3. The number of pyridine rings is 1. The van der Waals surface area contributed by atoms with E-state index in [0.717, 1.165) is 58.1 Å². The third-order valence-electron chi connectivity index (χ3n) is 6.20. The number of benzene rings is 2. The van der Waals surface area contributed by atoms with E-state index in [4.69, 9.17) is 5.73 Å². The summed E-state index contributed by atoms with van der Waals surface area (Å²) in [6.07, 6.45) is 3.59. The minimum absolute atomic E-state index is 0.159. The maximum atomic E-state index is 12.7. The second-order valence-electron chi connectivity index (χ2n) is 9.36. The van der Waals surface area contributed by atoms with E-state index in [1.165, 1.54) is 0 Å². The second-order valence-corrected chi connectivity index (χ2v) is 9.36. The van der Waals surface area contributed by atoms with Gasteiger partial charge in [0.1, 0.15) is 5.52 Å². The van der Waals surface area contributed by atoms with Gasteiger partial charge < -0.3 is 20.9 Å². The van der Waals surface area contributed by atoms with Crippen LogP contribution in [-0.2, 0) is 6.54 Å². The molecule has 0 atom stereocenters. The smallest absolute Gasteiger partial charge is 0.319 e. The highest BCUT2D eigenvalue weighted by molar-refractivity contribution is 6.06. The molecule has 7 heteroatoms. The highest BCUT2D eigenvalue weighted by atomic mass is 16.2. The molecule has 0 aliphatic rings. The molecule has 7 nitrogen and oxygen atoms in total. The van der Waals surface area contributed by atoms with E-state index in [1.54, 1.807) is 0 Å². The van der Waals surface area contributed by atoms with E-state index in [2.05, 4.69) is 77.1 Å². The van der Waals surface area contributed by atoms with Crippen molar-refractivity contribution in [3.63, 3.8) is 0 Å². The lowest BCUT2D eigenvalue weighted by molar-refractivity contribution is 0.252. The molecule has 0 aliphatic heterocycles. The molecule has 0 aliphatic carbocycles. The quantitative estimate of drug-likeness (QED) is 0.281. The van der Waals surface area contributed by atoms with Gasteiger partial charge in [-0.2, -0.15) is 0 Å². The number of hydrogen-bond acceptors (Lipinski definition) is 4. The Bertz CT molecular complexity index is 1280. The zero-order valence-electron chi connectivity index (χ0n) is 20.4. The van der Waals surface area contributed by atoms with E-state index in [9.17, 15) is 4.79 Å². The lowest BCUT2D eigenvalue weighted by atomic mass is 9.93. The molecule has 0 radical (unpaired) electrons. The first-order chi connectivity index (χ1) is 16.4. The molecule has 2 aromatic carbocycles. The number of nitrogens with zero attached hydrogens (tertiary/aromatic N) is 3. The average Bonchev–Trinajstić information content (AvgIpc) is 3.23. The molecule has 34 heavy (non-hydrogen) atoms. The largest absolute Gasteiger partial charge is 0.382 e. The zero-order chi connectivity index (χ0) is 24.2. The van der Waals surface area contributed by atoms with Crippen molar-refractivity contribution in [2.24, 2.45) is 0 Å². The lowest BCUT2D eigenvalue weighted by Gasteiger charge is -2.20. The molecular formula is C27H34N6O. The molecule has 178 valence electrons. The maximum absolute atomic E-state index is 12.7. The van der Waals surface area contributed by atoms with Crippen LogP contribution in [0.5, 0.6) is 0 Å². The molecule has 0 saturated carbocycles. The van der Waals surface area contributed by atoms with Crippen LogP contribution in [0.4, 0.5) is 16.3 Å². The molecule has 0 saturated heterocycles. The fourth-order valence-corrected chi connectivity index (χ4v) is 4.44. The van der Waals surface area contributed by atoms with Gasteiger partial charge in [0.15, 0.2) is 5.82 Å². The monoisotopic (exact) mass is 458 g/mol. The van der Waals surface area contributed by atoms with Gasteiger partial charge in [-0.05, 0) is 41.9 Å². The summed E-state index contributed by atoms with van der Waals surface area (Å²) in [4.78, 5) is 21.6. The predicted molar refractivity (Wildman–Crippen MR) is 140 cm³/mol. The van der Waals surface area contributed by atoms with E-state index in [0.29, 0.717) is 24.2 Å². The number of anilines is 2. The van der Waals surface area contributed by atoms with Crippen molar-refractivity contribution in [3.05, 3.63) is 59.9 Å². The van der Waals surface area contributed by atoms with Crippen LogP contribution >= 0.6 is 0 Å². The summed E-state index contributed by atoms with van der Waals surface area (Å²) in [7, 11) is 0. The van der Waals surface area contributed by atoms with Crippen LogP contribution in [0.2, 0.25) is 0 Å². The van der Waals surface area contributed by atoms with Crippen LogP contribution in [0.1, 0.15) is 63.5 Å². The van der Waals surface area contributed by atoms with Gasteiger partial charge in [0.05, 0.1) is 17.4 Å². The molecule has 2 aromatic heterocycles. The number of aromatic nitrogens is 3. The number of urea groups is 1. The first-order valence-electron chi connectivity index (χ1n) is 12.0. The standard InChI is InChI=1S/C27H34N6O/c1-17(2)19-11-9-12-20(18(3)4)23(19)32-27(34)29-14-7-8-15-33-16-30-24-25(33)21-10-5-6-13-22(21)31-26(24)28/h5-6,9-13,16-18H,7-8,14-15H2,1-4H3,(H2,28,31)(H2,29,32,34). The molecule has 0 fully saturated rings. The van der Waals surface area contributed by atoms with Crippen LogP contribution in [0.3, 0.4) is 0 Å². The Hall–Kier alpha value is -3.61. The minimum atomic E-state index is -0.159. The number of fused-ring (bicyclic) bond motifs is 3. The van der Waals surface area contributed by atoms with E-state index < -0.39 is 0 Å². The van der Waals surface area contributed by atoms with Crippen LogP contribution in [0.25, 0.3) is 21.9 Å². The number of para-hydroxylation sites is 2. The summed E-state index contributed by atoms with van der Waals surface area (Å²) in [5.41, 5.74) is 12.0. The van der Waals surface area contributed by atoms with Crippen LogP contribution in [0, 0.1) is 0 Å². The maximum Gasteiger partial charge on any atom is 0.319 e. The molecule has 2 amide bonds. The van der Waals surface area contributed by atoms with Gasteiger partial charge in [0.25, 0.3) is 0 Å². The van der Waals surface area contributed by atoms with E-state index >= 15 is 0 Å². The van der Waals surface area contributed by atoms with Gasteiger partial charge >= 0.3 is 6.03 Å². The van der Waals surface area contributed by atoms with Crippen molar-refractivity contribution < 1.29 is 4.79 Å². The Labute approximate surface area is 200 Å². The van der Waals surface area contributed by atoms with Crippen LogP contribution < -0.4 is 16.4 Å². The number of unbranched alkanes of at least 4 members (excludes halogenated alkanes) is 1. The fourth-order valence-electron chi connectivity index (χ4n) is 4.44. The topological polar surface area (TPSA) is 97.9 Å². The molecule has 0 bridgehead atoms. The van der Waals surface area contributed by atoms with Gasteiger partial charge in [-0.15, -0.1) is 0 Å². The predicted octanol–water partition coefficient (Wildman–Crippen LogP) is 6.02. The summed E-state index contributed by atoms with van der Waals surface area (Å²) >= 11 is 0. The Kier molecular flexibility index (Phi) is 7.01. The van der Waals surface area contributed by atoms with Gasteiger partial charge in [-0.1, -0.05) is 64.1 Å². The average molecular weight is 459 g/mol. The second kappa shape index (κ2) is 10.1. The number of carbonyl (C=O) groups is 1. The van der Waals surface area contributed by atoms with Gasteiger partial charge in [-0.3, -0.25) is 0 Å². The lowest BCUT2D eigenvalue weighted by Crippen LogP contribution is -2.30. The van der Waals surface area contributed by atoms with E-state index in [-0.39, 0.29) is 6.03 Å². The Morgan fingerprint density at radius 2 is 1.71 bits per heavy atom. The minimum Gasteiger partial charge on any atom is -0.382 e. The molecule has 4 aromatic rings. The summed E-state index contributed by atoms with van der Waals surface area (Å²) < 4.78 is 2.13. The third-order valence-corrected chi connectivity index (χ3v) is 6.20. The number of nitrogens with one attached hydrogen (secondary N) is 2. The number of nitrogen functional groups attached to an aromatic ring is 1. The Morgan fingerprint density at radius 1 is 1.00 bits per heavy atom. The number of rotatable bonds is 8. The molecule has 4 N–H and O–H groups in total. The highest BCUT2D eigenvalue weighted by Crippen LogP contribution is 2.32. The van der Waals surface area contributed by atoms with E-state index in [1.807, 2.05) is 24.5 Å². The Balaban J connectivity index is 1.36. The fraction of sp³-hybridized carbons (Fsp3) is 0.370. The molecule has 0 unspecified atom stereocenters. The van der Waals surface area contributed by atoms with Gasteiger partial charge in [0, 0.05) is 24.2 Å². The molecule has 0 spiro atoms. The summed E-state index contributed by atoms with van der Waals surface area (Å²) in [6.45, 7) is 9.99. The normalized spacial score (nSPS) is 11.6. The van der Waals surface area contributed by atoms with Crippen molar-refractivity contribution in [1.29, 1.82) is 0 Å². The molecular weight excluding hydrogens is 424 g/mol. The van der Waals surface area contributed by atoms with Gasteiger partial charge in [-0.25, -0.2) is 14.8 Å². The SMILES string of the molecule is CC(C)c1cccc(C(C)C)c1NC(=O)NCCCCn1cnc2c(N)nc3ccccc3c21. The number of aryl methyl sites for hydroxylation is 1. The van der Waals surface area contributed by atoms with Gasteiger partial charge in [0.2, 0.25) is 0 Å². The summed E-state index contributed by atoms with van der Waals surface area (Å²) in [6, 6.07) is 14.1. The van der Waals surface area contributed by atoms with Crippen molar-refractivity contribution in [3.8, 4) is 0 Å². The zero-order valence-corrected chi connectivity index (χ0v) is 20.4. The van der Waals surface area contributed by atoms with Crippen LogP contribution in [0.15, 0.2) is 48.8 Å². The molecule has 4 rings (SSSR count). The number of amides is 2. The summed E-state index contributed by atoms with van der Waals surface area (Å²) in [5.74, 6) is 1.12. The number of imidazole rings is 1. The Morgan fingerprint density at radius 3 is 2.41 bits per heavy atom. The highest BCUT2D eigenvalue weighted by Gasteiger charge is 2.16. The van der Waals surface area contributed by atoms with Crippen molar-refractivity contribution in [2.45, 2.75) is 58.9 Å². The van der Waals surface area contributed by atoms with Crippen molar-refractivity contribution >= 4 is 39.5 Å². The first kappa shape index (κ1) is 23.5. The number of nitrogens with two attached hydrogens (primary N) is 1. The summed E-state index contributed by atoms with van der Waals surface area (Å²) in [5, 5.41) is 7.17. The number of carbonyl (C=O) groups excluding carboxylic acids is 1. The molecule has 2 heterocycles. The van der Waals surface area contributed by atoms with Crippen LogP contribution in [-0.4, -0.2) is 27.1 Å². The van der Waals surface area contributed by atoms with Crippen molar-refractivity contribution in [1.82, 2.24) is 19.9 Å². The van der Waals surface area contributed by atoms with Crippen molar-refractivity contribution in [2.75, 3.05) is 17.6 Å². The third kappa shape index (κ3) is 4.83.